The van der Waals surface area contributed by atoms with E-state index >= 15 is 0 Å². The summed E-state index contributed by atoms with van der Waals surface area (Å²) in [6, 6.07) is 5.42. The lowest BCUT2D eigenvalue weighted by molar-refractivity contribution is -0.143. The largest absolute Gasteiger partial charge is 0.480 e. The monoisotopic (exact) mass is 484 g/mol. The molecule has 0 radical (unpaired) electrons. The summed E-state index contributed by atoms with van der Waals surface area (Å²) in [5.74, 6) is 0.891. The number of hydrogen-bond donors (Lipinski definition) is 2. The first-order valence-electron chi connectivity index (χ1n) is 11.2. The normalized spacial score (nSPS) is 19.8. The van der Waals surface area contributed by atoms with Crippen LogP contribution in [-0.2, 0) is 11.3 Å². The number of nitrogens with zero attached hydrogens (tertiary/aromatic N) is 6. The van der Waals surface area contributed by atoms with E-state index in [1.807, 2.05) is 13.0 Å². The van der Waals surface area contributed by atoms with Gasteiger partial charge in [0.1, 0.15) is 17.7 Å². The maximum absolute atomic E-state index is 12.9. The van der Waals surface area contributed by atoms with Gasteiger partial charge < -0.3 is 19.9 Å². The maximum atomic E-state index is 12.9. The number of halogens is 2. The van der Waals surface area contributed by atoms with Crippen LogP contribution in [0.3, 0.4) is 0 Å². The second kappa shape index (κ2) is 8.43. The van der Waals surface area contributed by atoms with Gasteiger partial charge in [0.05, 0.1) is 23.4 Å². The van der Waals surface area contributed by atoms with Crippen molar-refractivity contribution in [3.63, 3.8) is 0 Å². The molecule has 1 aliphatic carbocycles. The molecule has 0 atom stereocenters. The smallest absolute Gasteiger partial charge is 0.258 e. The topological polar surface area (TPSA) is 114 Å². The van der Waals surface area contributed by atoms with Gasteiger partial charge in [-0.25, -0.2) is 13.5 Å². The van der Waals surface area contributed by atoms with E-state index in [1.54, 1.807) is 37.3 Å². The van der Waals surface area contributed by atoms with E-state index < -0.39 is 13.0 Å². The van der Waals surface area contributed by atoms with E-state index in [0.717, 1.165) is 11.1 Å². The number of rotatable bonds is 7. The summed E-state index contributed by atoms with van der Waals surface area (Å²) in [5.41, 5.74) is 2.75. The molecule has 12 heteroatoms. The van der Waals surface area contributed by atoms with Crippen molar-refractivity contribution in [3.05, 3.63) is 24.4 Å². The number of carbonyl (C=O) groups excluding carboxylic acids is 1. The molecule has 10 nitrogen and oxygen atoms in total. The molecule has 3 aromatic heterocycles. The Labute approximate surface area is 199 Å². The Hall–Kier alpha value is -3.83. The van der Waals surface area contributed by atoms with Crippen LogP contribution in [0.25, 0.3) is 33.2 Å². The number of amides is 1. The van der Waals surface area contributed by atoms with Crippen LogP contribution in [-0.4, -0.2) is 74.4 Å². The third kappa shape index (κ3) is 4.02. The molecule has 1 fully saturated rings. The number of nitrogens with one attached hydrogen (secondary N) is 2. The first kappa shape index (κ1) is 22.9. The predicted octanol–water partition coefficient (Wildman–Crippen LogP) is 3.31. The molecule has 35 heavy (non-hydrogen) atoms. The fourth-order valence-electron chi connectivity index (χ4n) is 4.87. The summed E-state index contributed by atoms with van der Waals surface area (Å²) in [4.78, 5) is 26.3. The Morgan fingerprint density at radius 2 is 2.11 bits per heavy atom. The van der Waals surface area contributed by atoms with Crippen LogP contribution in [0.1, 0.15) is 19.8 Å². The predicted molar refractivity (Wildman–Crippen MR) is 126 cm³/mol. The maximum Gasteiger partial charge on any atom is 0.258 e. The molecule has 4 aromatic rings. The Balaban J connectivity index is 1.44. The number of aromatic amines is 1. The first-order valence-corrected chi connectivity index (χ1v) is 11.2. The first-order chi connectivity index (χ1) is 16.7. The fourth-order valence-corrected chi connectivity index (χ4v) is 4.87. The summed E-state index contributed by atoms with van der Waals surface area (Å²) in [5, 5.41) is 11.8. The van der Waals surface area contributed by atoms with Crippen LogP contribution in [0.4, 0.5) is 14.7 Å². The molecule has 1 aliphatic rings. The summed E-state index contributed by atoms with van der Waals surface area (Å²) < 4.78 is 32.6. The van der Waals surface area contributed by atoms with Crippen molar-refractivity contribution < 1.29 is 18.3 Å². The summed E-state index contributed by atoms with van der Waals surface area (Å²) >= 11 is 0. The molecule has 1 amide bonds. The molecule has 0 unspecified atom stereocenters. The molecule has 0 aliphatic heterocycles. The molecule has 0 spiro atoms. The van der Waals surface area contributed by atoms with Crippen LogP contribution in [0.2, 0.25) is 0 Å². The molecule has 5 rings (SSSR count). The Morgan fingerprint density at radius 3 is 2.80 bits per heavy atom. The van der Waals surface area contributed by atoms with Gasteiger partial charge >= 0.3 is 0 Å². The van der Waals surface area contributed by atoms with Gasteiger partial charge in [-0.2, -0.15) is 9.97 Å². The number of ether oxygens (including phenoxy) is 1. The summed E-state index contributed by atoms with van der Waals surface area (Å²) in [7, 11) is 5.06. The minimum absolute atomic E-state index is 0.0746. The molecule has 0 bridgehead atoms. The molecular weight excluding hydrogens is 458 g/mol. The average Bonchev–Trinajstić information content (AvgIpc) is 3.40. The summed E-state index contributed by atoms with van der Waals surface area (Å²) in [6.45, 7) is 1.44. The number of benzene rings is 1. The van der Waals surface area contributed by atoms with Crippen molar-refractivity contribution in [2.24, 2.45) is 5.41 Å². The molecule has 0 saturated heterocycles. The lowest BCUT2D eigenvalue weighted by Gasteiger charge is -2.45. The third-order valence-electron chi connectivity index (χ3n) is 6.48. The minimum Gasteiger partial charge on any atom is -0.480 e. The Bertz CT molecular complexity index is 1410. The van der Waals surface area contributed by atoms with Crippen molar-refractivity contribution in [1.29, 1.82) is 0 Å². The summed E-state index contributed by atoms with van der Waals surface area (Å²) in [6.07, 6.45) is 0.615. The van der Waals surface area contributed by atoms with Gasteiger partial charge in [-0.3, -0.25) is 4.79 Å². The zero-order chi connectivity index (χ0) is 24.9. The second-order valence-corrected chi connectivity index (χ2v) is 9.36. The molecule has 3 heterocycles. The average molecular weight is 485 g/mol. The standard InChI is InChI=1S/C23H26F2N8O2/c1-23(21(34)32(2)3)8-13(9-23)27-22-28-19-18(20(29-22)35-4)14(10-26-19)12-5-6-15-16(7-12)33(31-30-15)11-17(24)25/h5-7,10,13,17H,8-9,11H2,1-4H3,(H2,26,27,28,29). The van der Waals surface area contributed by atoms with Gasteiger partial charge in [-0.1, -0.05) is 18.2 Å². The van der Waals surface area contributed by atoms with Gasteiger partial charge in [-0.05, 0) is 30.5 Å². The zero-order valence-corrected chi connectivity index (χ0v) is 19.8. The number of anilines is 1. The quantitative estimate of drug-likeness (QED) is 0.414. The number of H-pyrrole nitrogens is 1. The molecular formula is C23H26F2N8O2. The minimum atomic E-state index is -2.54. The van der Waals surface area contributed by atoms with Gasteiger partial charge in [0.2, 0.25) is 17.7 Å². The highest BCUT2D eigenvalue weighted by Crippen LogP contribution is 2.43. The van der Waals surface area contributed by atoms with E-state index in [9.17, 15) is 13.6 Å². The van der Waals surface area contributed by atoms with Crippen LogP contribution < -0.4 is 10.1 Å². The van der Waals surface area contributed by atoms with Crippen molar-refractivity contribution >= 4 is 33.9 Å². The molecule has 1 saturated carbocycles. The third-order valence-corrected chi connectivity index (χ3v) is 6.48. The molecule has 1 aromatic carbocycles. The number of fused-ring (bicyclic) bond motifs is 2. The number of aromatic nitrogens is 6. The highest BCUT2D eigenvalue weighted by Gasteiger charge is 2.47. The molecule has 184 valence electrons. The second-order valence-electron chi connectivity index (χ2n) is 9.36. The number of hydrogen-bond acceptors (Lipinski definition) is 7. The molecule has 2 N–H and O–H groups in total. The Kier molecular flexibility index (Phi) is 5.53. The van der Waals surface area contributed by atoms with Gasteiger partial charge in [0.25, 0.3) is 6.43 Å². The van der Waals surface area contributed by atoms with Crippen LogP contribution in [0.5, 0.6) is 5.88 Å². The number of alkyl halides is 2. The van der Waals surface area contributed by atoms with E-state index in [1.165, 1.54) is 11.8 Å². The van der Waals surface area contributed by atoms with Crippen LogP contribution in [0.15, 0.2) is 24.4 Å². The zero-order valence-electron chi connectivity index (χ0n) is 19.8. The SMILES string of the molecule is COc1nc(NC2CC(C)(C(=O)N(C)C)C2)nc2[nH]cc(-c3ccc4nnn(CC(F)F)c4c3)c12. The Morgan fingerprint density at radius 1 is 1.34 bits per heavy atom. The highest BCUT2D eigenvalue weighted by molar-refractivity contribution is 5.99. The fraction of sp³-hybridized carbons (Fsp3) is 0.435. The lowest BCUT2D eigenvalue weighted by atomic mass is 9.66. The van der Waals surface area contributed by atoms with Gasteiger partial charge in [0, 0.05) is 31.9 Å². The van der Waals surface area contributed by atoms with Crippen molar-refractivity contribution in [3.8, 4) is 17.0 Å². The van der Waals surface area contributed by atoms with E-state index in [0.29, 0.717) is 46.7 Å². The number of carbonyl (C=O) groups is 1. The lowest BCUT2D eigenvalue weighted by Crippen LogP contribution is -2.52. The van der Waals surface area contributed by atoms with Gasteiger partial charge in [0.15, 0.2) is 0 Å². The van der Waals surface area contributed by atoms with Crippen molar-refractivity contribution in [2.75, 3.05) is 26.5 Å². The van der Waals surface area contributed by atoms with Crippen molar-refractivity contribution in [2.45, 2.75) is 38.8 Å². The van der Waals surface area contributed by atoms with Crippen LogP contribution in [0, 0.1) is 5.41 Å². The van der Waals surface area contributed by atoms with E-state index in [4.69, 9.17) is 4.74 Å². The van der Waals surface area contributed by atoms with Crippen molar-refractivity contribution in [1.82, 2.24) is 34.8 Å². The van der Waals surface area contributed by atoms with Gasteiger partial charge in [-0.15, -0.1) is 5.10 Å². The van der Waals surface area contributed by atoms with E-state index in [-0.39, 0.29) is 17.4 Å². The highest BCUT2D eigenvalue weighted by atomic mass is 19.3. The number of methoxy groups -OCH3 is 1. The van der Waals surface area contributed by atoms with Crippen LogP contribution >= 0.6 is 0 Å². The van der Waals surface area contributed by atoms with E-state index in [2.05, 4.69) is 30.6 Å².